The number of hydrogen-bond acceptors (Lipinski definition) is 7. The molecule has 1 heterocycles. The maximum atomic E-state index is 12.2. The van der Waals surface area contributed by atoms with Crippen LogP contribution in [0, 0.1) is 0 Å². The van der Waals surface area contributed by atoms with E-state index < -0.39 is 22.5 Å². The Morgan fingerprint density at radius 3 is 2.72 bits per heavy atom. The van der Waals surface area contributed by atoms with E-state index in [1.165, 1.54) is 11.3 Å². The summed E-state index contributed by atoms with van der Waals surface area (Å²) in [6, 6.07) is 6.44. The molecule has 0 saturated carbocycles. The summed E-state index contributed by atoms with van der Waals surface area (Å²) in [6.07, 6.45) is 2.03. The summed E-state index contributed by atoms with van der Waals surface area (Å²) >= 11 is 8.86. The first-order chi connectivity index (χ1) is 11.8. The molecule has 0 aliphatic heterocycles. The molecular formula is C14H17ClN4O3S3. The Hall–Kier alpha value is -1.36. The standard InChI is InChI=1S/C14H17ClN4O3S3/c1-3-8-23-14-18-17-13(24-14)16-12(20)9-19(25(2,21)22)11-7-5-4-6-10(11)15/h4-7H,3,8-9H2,1-2H3,(H,16,17,20). The highest BCUT2D eigenvalue weighted by atomic mass is 35.5. The number of para-hydroxylation sites is 1. The van der Waals surface area contributed by atoms with Crippen molar-refractivity contribution in [2.75, 3.05) is 28.2 Å². The summed E-state index contributed by atoms with van der Waals surface area (Å²) in [5.74, 6) is 0.394. The first kappa shape index (κ1) is 20.0. The minimum atomic E-state index is -3.68. The third kappa shape index (κ3) is 5.84. The quantitative estimate of drug-likeness (QED) is 0.521. The average Bonchev–Trinajstić information content (AvgIpc) is 2.98. The maximum absolute atomic E-state index is 12.2. The van der Waals surface area contributed by atoms with Crippen molar-refractivity contribution >= 4 is 61.4 Å². The summed E-state index contributed by atoms with van der Waals surface area (Å²) in [7, 11) is -3.68. The molecule has 1 aromatic heterocycles. The van der Waals surface area contributed by atoms with E-state index in [0.29, 0.717) is 5.13 Å². The fraction of sp³-hybridized carbons (Fsp3) is 0.357. The summed E-state index contributed by atoms with van der Waals surface area (Å²) in [6.45, 7) is 1.66. The lowest BCUT2D eigenvalue weighted by molar-refractivity contribution is -0.114. The molecule has 0 aliphatic rings. The zero-order valence-electron chi connectivity index (χ0n) is 13.6. The molecular weight excluding hydrogens is 404 g/mol. The first-order valence-corrected chi connectivity index (χ1v) is 11.3. The van der Waals surface area contributed by atoms with E-state index in [9.17, 15) is 13.2 Å². The van der Waals surface area contributed by atoms with Gasteiger partial charge < -0.3 is 0 Å². The van der Waals surface area contributed by atoms with Crippen molar-refractivity contribution in [2.45, 2.75) is 17.7 Å². The fourth-order valence-corrected chi connectivity index (χ4v) is 4.68. The number of hydrogen-bond donors (Lipinski definition) is 1. The monoisotopic (exact) mass is 420 g/mol. The van der Waals surface area contributed by atoms with E-state index in [-0.39, 0.29) is 10.7 Å². The third-order valence-electron chi connectivity index (χ3n) is 2.89. The van der Waals surface area contributed by atoms with Crippen molar-refractivity contribution in [1.29, 1.82) is 0 Å². The van der Waals surface area contributed by atoms with Gasteiger partial charge in [-0.3, -0.25) is 14.4 Å². The third-order valence-corrected chi connectivity index (χ3v) is 6.52. The molecule has 0 aliphatic carbocycles. The van der Waals surface area contributed by atoms with Crippen LogP contribution in [0.3, 0.4) is 0 Å². The van der Waals surface area contributed by atoms with Crippen molar-refractivity contribution in [3.8, 4) is 0 Å². The van der Waals surface area contributed by atoms with Crippen LogP contribution < -0.4 is 9.62 Å². The lowest BCUT2D eigenvalue weighted by atomic mass is 10.3. The maximum Gasteiger partial charge on any atom is 0.246 e. The van der Waals surface area contributed by atoms with Gasteiger partial charge in [-0.25, -0.2) is 8.42 Å². The van der Waals surface area contributed by atoms with E-state index in [1.807, 2.05) is 0 Å². The topological polar surface area (TPSA) is 92.3 Å². The molecule has 0 saturated heterocycles. The fourth-order valence-electron chi connectivity index (χ4n) is 1.83. The summed E-state index contributed by atoms with van der Waals surface area (Å²) in [5.41, 5.74) is 0.248. The number of amides is 1. The van der Waals surface area contributed by atoms with Gasteiger partial charge in [0.05, 0.1) is 17.0 Å². The molecule has 0 spiro atoms. The molecule has 0 bridgehead atoms. The second-order valence-electron chi connectivity index (χ2n) is 4.99. The van der Waals surface area contributed by atoms with Crippen molar-refractivity contribution in [2.24, 2.45) is 0 Å². The molecule has 136 valence electrons. The van der Waals surface area contributed by atoms with Gasteiger partial charge in [0, 0.05) is 5.75 Å². The van der Waals surface area contributed by atoms with Gasteiger partial charge in [-0.05, 0) is 18.6 Å². The molecule has 2 aromatic rings. The smallest absolute Gasteiger partial charge is 0.246 e. The summed E-state index contributed by atoms with van der Waals surface area (Å²) in [4.78, 5) is 12.2. The molecule has 7 nitrogen and oxygen atoms in total. The van der Waals surface area contributed by atoms with Crippen LogP contribution in [-0.2, 0) is 14.8 Å². The molecule has 1 aromatic carbocycles. The lowest BCUT2D eigenvalue weighted by Gasteiger charge is -2.22. The lowest BCUT2D eigenvalue weighted by Crippen LogP contribution is -2.37. The van der Waals surface area contributed by atoms with Crippen LogP contribution in [0.4, 0.5) is 10.8 Å². The molecule has 11 heteroatoms. The van der Waals surface area contributed by atoms with Crippen LogP contribution in [0.5, 0.6) is 0 Å². The van der Waals surface area contributed by atoms with E-state index in [2.05, 4.69) is 22.4 Å². The number of thioether (sulfide) groups is 1. The minimum absolute atomic E-state index is 0.245. The molecule has 0 radical (unpaired) electrons. The molecule has 2 rings (SSSR count). The van der Waals surface area contributed by atoms with Gasteiger partial charge in [0.25, 0.3) is 0 Å². The Bertz CT molecular complexity index is 841. The first-order valence-electron chi connectivity index (χ1n) is 7.29. The number of nitrogens with zero attached hydrogens (tertiary/aromatic N) is 3. The summed E-state index contributed by atoms with van der Waals surface area (Å²) in [5, 5.41) is 11.0. The Kier molecular flexibility index (Phi) is 7.05. The summed E-state index contributed by atoms with van der Waals surface area (Å²) < 4.78 is 25.8. The van der Waals surface area contributed by atoms with Crippen molar-refractivity contribution in [3.63, 3.8) is 0 Å². The van der Waals surface area contributed by atoms with Gasteiger partial charge in [-0.15, -0.1) is 10.2 Å². The molecule has 25 heavy (non-hydrogen) atoms. The van der Waals surface area contributed by atoms with Crippen LogP contribution in [0.15, 0.2) is 28.6 Å². The van der Waals surface area contributed by atoms with Crippen LogP contribution >= 0.6 is 34.7 Å². The van der Waals surface area contributed by atoms with Gasteiger partial charge in [0.2, 0.25) is 21.1 Å². The predicted octanol–water partition coefficient (Wildman–Crippen LogP) is 3.10. The van der Waals surface area contributed by atoms with Crippen LogP contribution in [0.2, 0.25) is 5.02 Å². The second-order valence-corrected chi connectivity index (χ2v) is 9.62. The predicted molar refractivity (Wildman–Crippen MR) is 103 cm³/mol. The van der Waals surface area contributed by atoms with Crippen molar-refractivity contribution < 1.29 is 13.2 Å². The Morgan fingerprint density at radius 1 is 1.36 bits per heavy atom. The van der Waals surface area contributed by atoms with E-state index in [0.717, 1.165) is 27.1 Å². The molecule has 1 N–H and O–H groups in total. The van der Waals surface area contributed by atoms with Crippen LogP contribution in [0.25, 0.3) is 0 Å². The SMILES string of the molecule is CCCSc1nnc(NC(=O)CN(c2ccccc2Cl)S(C)(=O)=O)s1. The number of carbonyl (C=O) groups excluding carboxylic acids is 1. The van der Waals surface area contributed by atoms with Gasteiger partial charge in [0.1, 0.15) is 6.54 Å². The number of aromatic nitrogens is 2. The number of sulfonamides is 1. The van der Waals surface area contributed by atoms with Crippen molar-refractivity contribution in [1.82, 2.24) is 10.2 Å². The normalized spacial score (nSPS) is 11.3. The number of nitrogens with one attached hydrogen (secondary N) is 1. The molecule has 0 atom stereocenters. The van der Waals surface area contributed by atoms with Crippen LogP contribution in [0.1, 0.15) is 13.3 Å². The number of carbonyl (C=O) groups is 1. The molecule has 0 unspecified atom stereocenters. The van der Waals surface area contributed by atoms with E-state index in [4.69, 9.17) is 11.6 Å². The van der Waals surface area contributed by atoms with Crippen molar-refractivity contribution in [3.05, 3.63) is 29.3 Å². The Balaban J connectivity index is 2.10. The van der Waals surface area contributed by atoms with E-state index in [1.54, 1.807) is 36.0 Å². The zero-order chi connectivity index (χ0) is 18.4. The molecule has 1 amide bonds. The minimum Gasteiger partial charge on any atom is -0.299 e. The Morgan fingerprint density at radius 2 is 2.08 bits per heavy atom. The highest BCUT2D eigenvalue weighted by Crippen LogP contribution is 2.28. The second kappa shape index (κ2) is 8.84. The zero-order valence-corrected chi connectivity index (χ0v) is 16.8. The average molecular weight is 421 g/mol. The van der Waals surface area contributed by atoms with E-state index >= 15 is 0 Å². The van der Waals surface area contributed by atoms with Gasteiger partial charge in [-0.1, -0.05) is 53.8 Å². The molecule has 0 fully saturated rings. The van der Waals surface area contributed by atoms with Gasteiger partial charge in [-0.2, -0.15) is 0 Å². The number of anilines is 2. The van der Waals surface area contributed by atoms with Gasteiger partial charge in [0.15, 0.2) is 4.34 Å². The highest BCUT2D eigenvalue weighted by molar-refractivity contribution is 8.01. The number of halogens is 1. The largest absolute Gasteiger partial charge is 0.299 e. The van der Waals surface area contributed by atoms with Crippen LogP contribution in [-0.4, -0.2) is 43.1 Å². The number of benzene rings is 1. The van der Waals surface area contributed by atoms with Gasteiger partial charge >= 0.3 is 0 Å². The highest BCUT2D eigenvalue weighted by Gasteiger charge is 2.23. The number of rotatable bonds is 8. The Labute approximate surface area is 159 Å².